The number of sulfonamides is 1. The zero-order valence-corrected chi connectivity index (χ0v) is 16.0. The molecular formula is C19H22N4O3S. The fourth-order valence-corrected chi connectivity index (χ4v) is 3.98. The van der Waals surface area contributed by atoms with E-state index in [0.717, 1.165) is 6.54 Å². The van der Waals surface area contributed by atoms with Crippen molar-refractivity contribution in [2.75, 3.05) is 18.4 Å². The molecule has 1 atom stereocenters. The Morgan fingerprint density at radius 1 is 1.11 bits per heavy atom. The number of nitrogens with one attached hydrogen (secondary N) is 3. The fourth-order valence-electron chi connectivity index (χ4n) is 2.81. The Hall–Kier alpha value is -2.71. The molecule has 27 heavy (non-hydrogen) atoms. The minimum atomic E-state index is -3.66. The van der Waals surface area contributed by atoms with Crippen LogP contribution in [-0.2, 0) is 10.0 Å². The van der Waals surface area contributed by atoms with E-state index >= 15 is 0 Å². The summed E-state index contributed by atoms with van der Waals surface area (Å²) in [6.45, 7) is 5.41. The lowest BCUT2D eigenvalue weighted by Crippen LogP contribution is -2.38. The smallest absolute Gasteiger partial charge is 0.285 e. The second-order valence-corrected chi connectivity index (χ2v) is 7.85. The Kier molecular flexibility index (Phi) is 5.57. The fraction of sp³-hybridized carbons (Fsp3) is 0.263. The summed E-state index contributed by atoms with van der Waals surface area (Å²) in [5.74, 6) is 0.125. The molecule has 3 rings (SSSR count). The van der Waals surface area contributed by atoms with Gasteiger partial charge in [0.25, 0.3) is 15.9 Å². The van der Waals surface area contributed by atoms with Crippen molar-refractivity contribution in [3.05, 3.63) is 59.7 Å². The van der Waals surface area contributed by atoms with Crippen molar-refractivity contribution in [2.24, 2.45) is 4.40 Å². The van der Waals surface area contributed by atoms with Gasteiger partial charge in [-0.1, -0.05) is 19.1 Å². The van der Waals surface area contributed by atoms with E-state index in [1.165, 1.54) is 6.07 Å². The van der Waals surface area contributed by atoms with Crippen LogP contribution in [-0.4, -0.2) is 39.3 Å². The van der Waals surface area contributed by atoms with E-state index < -0.39 is 10.0 Å². The van der Waals surface area contributed by atoms with Gasteiger partial charge >= 0.3 is 0 Å². The number of benzene rings is 2. The number of hydrogen-bond acceptors (Lipinski definition) is 5. The van der Waals surface area contributed by atoms with Gasteiger partial charge in [-0.3, -0.25) is 4.79 Å². The normalized spacial score (nSPS) is 15.6. The molecule has 0 aliphatic carbocycles. The van der Waals surface area contributed by atoms with Gasteiger partial charge in [0.15, 0.2) is 5.84 Å². The van der Waals surface area contributed by atoms with Crippen molar-refractivity contribution in [1.29, 1.82) is 0 Å². The van der Waals surface area contributed by atoms with Gasteiger partial charge in [-0.15, -0.1) is 4.40 Å². The minimum Gasteiger partial charge on any atom is -0.350 e. The number of fused-ring (bicyclic) bond motifs is 1. The van der Waals surface area contributed by atoms with E-state index in [-0.39, 0.29) is 22.7 Å². The molecule has 2 aromatic rings. The van der Waals surface area contributed by atoms with Crippen molar-refractivity contribution in [3.63, 3.8) is 0 Å². The molecule has 3 N–H and O–H groups in total. The zero-order valence-electron chi connectivity index (χ0n) is 15.2. The maximum atomic E-state index is 12.2. The van der Waals surface area contributed by atoms with Crippen LogP contribution in [0.15, 0.2) is 57.8 Å². The third-order valence-electron chi connectivity index (χ3n) is 4.16. The molecule has 0 bridgehead atoms. The summed E-state index contributed by atoms with van der Waals surface area (Å²) in [6.07, 6.45) is 0. The summed E-state index contributed by atoms with van der Waals surface area (Å²) in [5.41, 5.74) is 1.72. The highest BCUT2D eigenvalue weighted by atomic mass is 32.2. The number of carbonyl (C=O) groups excluding carboxylic acids is 1. The Morgan fingerprint density at radius 3 is 2.52 bits per heavy atom. The highest BCUT2D eigenvalue weighted by Gasteiger charge is 2.28. The maximum absolute atomic E-state index is 12.2. The summed E-state index contributed by atoms with van der Waals surface area (Å²) in [5, 5.41) is 9.12. The van der Waals surface area contributed by atoms with Crippen LogP contribution in [0.4, 0.5) is 5.69 Å². The van der Waals surface area contributed by atoms with E-state index in [0.29, 0.717) is 23.4 Å². The minimum absolute atomic E-state index is 0.155. The monoisotopic (exact) mass is 386 g/mol. The lowest BCUT2D eigenvalue weighted by Gasteiger charge is -2.13. The maximum Gasteiger partial charge on any atom is 0.285 e. The molecular weight excluding hydrogens is 364 g/mol. The van der Waals surface area contributed by atoms with E-state index in [1.807, 2.05) is 13.8 Å². The van der Waals surface area contributed by atoms with Gasteiger partial charge in [-0.25, -0.2) is 0 Å². The Bertz CT molecular complexity index is 969. The highest BCUT2D eigenvalue weighted by molar-refractivity contribution is 7.90. The standard InChI is InChI=1S/C19H22N4O3S/c1-3-20-13(2)12-21-19(24)14-8-10-15(11-9-14)22-18-16-6-4-5-7-17(16)27(25,26)23-18/h4-11,13,20H,3,12H2,1-2H3,(H,21,24)(H,22,23)/t13-/m1/s1. The number of amidine groups is 1. The Labute approximate surface area is 159 Å². The molecule has 1 amide bonds. The summed E-state index contributed by atoms with van der Waals surface area (Å²) < 4.78 is 28.0. The van der Waals surface area contributed by atoms with Crippen LogP contribution >= 0.6 is 0 Å². The molecule has 1 aliphatic heterocycles. The SMILES string of the molecule is CCN[C@H](C)CNC(=O)c1ccc(NC2=NS(=O)(=O)c3ccccc32)cc1. The molecule has 1 aliphatic rings. The lowest BCUT2D eigenvalue weighted by atomic mass is 10.1. The van der Waals surface area contributed by atoms with E-state index in [2.05, 4.69) is 20.3 Å². The average molecular weight is 386 g/mol. The van der Waals surface area contributed by atoms with Crippen molar-refractivity contribution >= 4 is 27.5 Å². The van der Waals surface area contributed by atoms with E-state index in [4.69, 9.17) is 0 Å². The first-order valence-electron chi connectivity index (χ1n) is 8.73. The molecule has 142 valence electrons. The molecule has 0 radical (unpaired) electrons. The van der Waals surface area contributed by atoms with Crippen LogP contribution in [0, 0.1) is 0 Å². The van der Waals surface area contributed by atoms with Crippen LogP contribution in [0.5, 0.6) is 0 Å². The Balaban J connectivity index is 1.68. The van der Waals surface area contributed by atoms with Crippen LogP contribution in [0.3, 0.4) is 0 Å². The summed E-state index contributed by atoms with van der Waals surface area (Å²) in [4.78, 5) is 12.4. The predicted octanol–water partition coefficient (Wildman–Crippen LogP) is 1.98. The average Bonchev–Trinajstić information content (AvgIpc) is 2.91. The van der Waals surface area contributed by atoms with Crippen molar-refractivity contribution in [1.82, 2.24) is 10.6 Å². The third-order valence-corrected chi connectivity index (χ3v) is 5.50. The molecule has 1 heterocycles. The molecule has 7 nitrogen and oxygen atoms in total. The van der Waals surface area contributed by atoms with Gasteiger partial charge < -0.3 is 16.0 Å². The van der Waals surface area contributed by atoms with Crippen molar-refractivity contribution in [2.45, 2.75) is 24.8 Å². The highest BCUT2D eigenvalue weighted by Crippen LogP contribution is 2.26. The van der Waals surface area contributed by atoms with Gasteiger partial charge in [-0.05, 0) is 49.9 Å². The molecule has 0 aromatic heterocycles. The van der Waals surface area contributed by atoms with Gasteiger partial charge in [0.1, 0.15) is 4.90 Å². The van der Waals surface area contributed by atoms with E-state index in [1.54, 1.807) is 42.5 Å². The van der Waals surface area contributed by atoms with Crippen LogP contribution in [0.2, 0.25) is 0 Å². The molecule has 0 fully saturated rings. The summed E-state index contributed by atoms with van der Waals surface area (Å²) in [6, 6.07) is 13.7. The zero-order chi connectivity index (χ0) is 19.4. The first kappa shape index (κ1) is 19.1. The number of likely N-dealkylation sites (N-methyl/N-ethyl adjacent to an activating group) is 1. The molecule has 0 unspecified atom stereocenters. The van der Waals surface area contributed by atoms with Crippen molar-refractivity contribution in [3.8, 4) is 0 Å². The third kappa shape index (κ3) is 4.35. The number of hydrogen-bond donors (Lipinski definition) is 3. The van der Waals surface area contributed by atoms with Crippen LogP contribution < -0.4 is 16.0 Å². The number of carbonyl (C=O) groups is 1. The predicted molar refractivity (Wildman–Crippen MR) is 106 cm³/mol. The molecule has 8 heteroatoms. The Morgan fingerprint density at radius 2 is 1.81 bits per heavy atom. The number of rotatable bonds is 6. The quantitative estimate of drug-likeness (QED) is 0.705. The van der Waals surface area contributed by atoms with Crippen molar-refractivity contribution < 1.29 is 13.2 Å². The second-order valence-electron chi connectivity index (χ2n) is 6.28. The topological polar surface area (TPSA) is 99.7 Å². The van der Waals surface area contributed by atoms with Gasteiger partial charge in [0.05, 0.1) is 0 Å². The molecule has 0 saturated carbocycles. The number of amides is 1. The van der Waals surface area contributed by atoms with Gasteiger partial charge in [0.2, 0.25) is 0 Å². The van der Waals surface area contributed by atoms with E-state index in [9.17, 15) is 13.2 Å². The molecule has 0 saturated heterocycles. The van der Waals surface area contributed by atoms with Crippen LogP contribution in [0.25, 0.3) is 0 Å². The lowest BCUT2D eigenvalue weighted by molar-refractivity contribution is 0.0950. The van der Waals surface area contributed by atoms with Crippen LogP contribution in [0.1, 0.15) is 29.8 Å². The number of anilines is 1. The second kappa shape index (κ2) is 7.89. The summed E-state index contributed by atoms with van der Waals surface area (Å²) in [7, 11) is -3.66. The first-order chi connectivity index (χ1) is 12.9. The first-order valence-corrected chi connectivity index (χ1v) is 10.2. The largest absolute Gasteiger partial charge is 0.350 e. The van der Waals surface area contributed by atoms with Gasteiger partial charge in [0, 0.05) is 29.4 Å². The summed E-state index contributed by atoms with van der Waals surface area (Å²) >= 11 is 0. The molecule has 2 aromatic carbocycles. The number of nitrogens with zero attached hydrogens (tertiary/aromatic N) is 1. The van der Waals surface area contributed by atoms with Gasteiger partial charge in [-0.2, -0.15) is 8.42 Å². The molecule has 0 spiro atoms.